The number of hydrogen-bond donors (Lipinski definition) is 2. The number of benzene rings is 1. The van der Waals surface area contributed by atoms with Crippen molar-refractivity contribution in [1.82, 2.24) is 15.2 Å². The Bertz CT molecular complexity index is 1080. The van der Waals surface area contributed by atoms with Gasteiger partial charge in [-0.2, -0.15) is 0 Å². The molecule has 1 amide bonds. The van der Waals surface area contributed by atoms with Gasteiger partial charge in [0.1, 0.15) is 10.8 Å². The minimum absolute atomic E-state index is 0.0800. The van der Waals surface area contributed by atoms with Gasteiger partial charge in [-0.15, -0.1) is 10.2 Å². The summed E-state index contributed by atoms with van der Waals surface area (Å²) in [5, 5.41) is 15.8. The number of carbonyl (C=O) groups excluding carboxylic acids is 1. The molecular weight excluding hydrogens is 456 g/mol. The second kappa shape index (κ2) is 11.4. The van der Waals surface area contributed by atoms with Gasteiger partial charge in [0, 0.05) is 49.8 Å². The molecule has 0 atom stereocenters. The summed E-state index contributed by atoms with van der Waals surface area (Å²) < 4.78 is 6.49. The van der Waals surface area contributed by atoms with E-state index in [1.54, 1.807) is 23.1 Å². The van der Waals surface area contributed by atoms with Gasteiger partial charge < -0.3 is 20.3 Å². The second-order valence-electron chi connectivity index (χ2n) is 7.64. The molecule has 0 radical (unpaired) electrons. The van der Waals surface area contributed by atoms with Gasteiger partial charge in [-0.05, 0) is 30.2 Å². The molecule has 1 aromatic carbocycles. The first-order chi connectivity index (χ1) is 16.1. The summed E-state index contributed by atoms with van der Waals surface area (Å²) in [7, 11) is 0. The molecule has 2 aromatic heterocycles. The van der Waals surface area contributed by atoms with E-state index < -0.39 is 0 Å². The Morgan fingerprint density at radius 3 is 2.82 bits per heavy atom. The summed E-state index contributed by atoms with van der Waals surface area (Å²) in [5.74, 6) is 1.47. The van der Waals surface area contributed by atoms with Crippen LogP contribution < -0.4 is 15.5 Å². The molecule has 0 spiro atoms. The van der Waals surface area contributed by atoms with E-state index >= 15 is 0 Å². The van der Waals surface area contributed by atoms with E-state index in [0.717, 1.165) is 76.3 Å². The number of nitrogens with zero attached hydrogens (tertiary/aromatic N) is 4. The van der Waals surface area contributed by atoms with Crippen LogP contribution in [0.4, 0.5) is 17.2 Å². The van der Waals surface area contributed by atoms with Crippen molar-refractivity contribution in [2.75, 3.05) is 41.8 Å². The van der Waals surface area contributed by atoms with Crippen LogP contribution in [0.2, 0.25) is 0 Å². The van der Waals surface area contributed by atoms with Gasteiger partial charge in [-0.25, -0.2) is 4.98 Å². The molecule has 3 aromatic rings. The highest BCUT2D eigenvalue weighted by molar-refractivity contribution is 8.00. The van der Waals surface area contributed by atoms with Gasteiger partial charge in [0.25, 0.3) is 0 Å². The fourth-order valence-corrected chi connectivity index (χ4v) is 5.20. The molecule has 0 saturated carbocycles. The molecule has 3 heterocycles. The van der Waals surface area contributed by atoms with Gasteiger partial charge in [0.05, 0.1) is 18.9 Å². The Labute approximate surface area is 202 Å². The van der Waals surface area contributed by atoms with E-state index in [1.807, 2.05) is 24.3 Å². The molecule has 2 N–H and O–H groups in total. The van der Waals surface area contributed by atoms with E-state index in [4.69, 9.17) is 9.72 Å². The van der Waals surface area contributed by atoms with Crippen LogP contribution in [0.5, 0.6) is 0 Å². The van der Waals surface area contributed by atoms with Gasteiger partial charge in [-0.3, -0.25) is 4.79 Å². The Morgan fingerprint density at radius 1 is 1.21 bits per heavy atom. The number of thioether (sulfide) groups is 1. The zero-order valence-corrected chi connectivity index (χ0v) is 20.5. The molecule has 8 nitrogen and oxygen atoms in total. The van der Waals surface area contributed by atoms with Crippen molar-refractivity contribution >= 4 is 46.2 Å². The van der Waals surface area contributed by atoms with E-state index in [2.05, 4.69) is 44.8 Å². The third kappa shape index (κ3) is 6.89. The highest BCUT2D eigenvalue weighted by Gasteiger charge is 2.14. The third-order valence-corrected chi connectivity index (χ3v) is 7.29. The Balaban J connectivity index is 1.49. The first-order valence-corrected chi connectivity index (χ1v) is 12.8. The number of amides is 1. The van der Waals surface area contributed by atoms with E-state index in [-0.39, 0.29) is 5.91 Å². The molecule has 10 heteroatoms. The first kappa shape index (κ1) is 23.5. The van der Waals surface area contributed by atoms with Crippen LogP contribution in [-0.2, 0) is 28.2 Å². The van der Waals surface area contributed by atoms with Crippen molar-refractivity contribution < 1.29 is 9.53 Å². The third-order valence-electron chi connectivity index (χ3n) is 5.05. The van der Waals surface area contributed by atoms with Crippen molar-refractivity contribution in [2.45, 2.75) is 36.9 Å². The van der Waals surface area contributed by atoms with Crippen LogP contribution in [0.15, 0.2) is 40.7 Å². The standard InChI is InChI=1S/C23H28N6O2S2/c1-3-22-27-28-23(33-22)32-15-19-12-20(29-7-9-31-10-8-29)13-21(26-19)24-14-17-5-4-6-18(11-17)25-16(2)30/h4-6,11-13H,3,7-10,14-15H2,1-2H3,(H,24,26)(H,25,30). The summed E-state index contributed by atoms with van der Waals surface area (Å²) >= 11 is 3.31. The topological polar surface area (TPSA) is 92.3 Å². The number of ether oxygens (including phenoxy) is 1. The average molecular weight is 485 g/mol. The Morgan fingerprint density at radius 2 is 2.06 bits per heavy atom. The Hall–Kier alpha value is -2.69. The van der Waals surface area contributed by atoms with E-state index in [9.17, 15) is 4.79 Å². The molecule has 174 valence electrons. The van der Waals surface area contributed by atoms with Crippen LogP contribution in [-0.4, -0.2) is 47.4 Å². The fourth-order valence-electron chi connectivity index (χ4n) is 3.47. The molecule has 0 bridgehead atoms. The fraction of sp³-hybridized carbons (Fsp3) is 0.391. The largest absolute Gasteiger partial charge is 0.378 e. The molecule has 0 aliphatic carbocycles. The molecule has 1 fully saturated rings. The molecule has 1 aliphatic heterocycles. The van der Waals surface area contributed by atoms with Gasteiger partial charge >= 0.3 is 0 Å². The van der Waals surface area contributed by atoms with Crippen molar-refractivity contribution in [2.24, 2.45) is 0 Å². The van der Waals surface area contributed by atoms with Crippen molar-refractivity contribution in [3.8, 4) is 0 Å². The highest BCUT2D eigenvalue weighted by atomic mass is 32.2. The summed E-state index contributed by atoms with van der Waals surface area (Å²) in [6.07, 6.45) is 0.903. The Kier molecular flexibility index (Phi) is 8.14. The number of carbonyl (C=O) groups is 1. The number of morpholine rings is 1. The monoisotopic (exact) mass is 484 g/mol. The molecule has 0 unspecified atom stereocenters. The van der Waals surface area contributed by atoms with Crippen molar-refractivity contribution in [3.05, 3.63) is 52.7 Å². The smallest absolute Gasteiger partial charge is 0.221 e. The summed E-state index contributed by atoms with van der Waals surface area (Å²) in [6.45, 7) is 7.40. The summed E-state index contributed by atoms with van der Waals surface area (Å²) in [5.41, 5.74) is 3.99. The quantitative estimate of drug-likeness (QED) is 0.437. The minimum atomic E-state index is -0.0800. The molecule has 1 aliphatic rings. The first-order valence-electron chi connectivity index (χ1n) is 11.0. The number of aromatic nitrogens is 3. The van der Waals surface area contributed by atoms with Gasteiger partial charge in [0.2, 0.25) is 5.91 Å². The maximum absolute atomic E-state index is 11.4. The van der Waals surface area contributed by atoms with Crippen LogP contribution in [0.3, 0.4) is 0 Å². The zero-order valence-electron chi connectivity index (χ0n) is 18.8. The average Bonchev–Trinajstić information content (AvgIpc) is 3.30. The normalized spacial score (nSPS) is 13.7. The van der Waals surface area contributed by atoms with Crippen LogP contribution in [0, 0.1) is 0 Å². The highest BCUT2D eigenvalue weighted by Crippen LogP contribution is 2.29. The minimum Gasteiger partial charge on any atom is -0.378 e. The van der Waals surface area contributed by atoms with E-state index in [0.29, 0.717) is 6.54 Å². The van der Waals surface area contributed by atoms with Crippen molar-refractivity contribution in [1.29, 1.82) is 0 Å². The maximum Gasteiger partial charge on any atom is 0.221 e. The molecule has 33 heavy (non-hydrogen) atoms. The number of aryl methyl sites for hydroxylation is 1. The lowest BCUT2D eigenvalue weighted by Gasteiger charge is -2.29. The lowest BCUT2D eigenvalue weighted by atomic mass is 10.2. The van der Waals surface area contributed by atoms with Crippen LogP contribution >= 0.6 is 23.1 Å². The van der Waals surface area contributed by atoms with Crippen LogP contribution in [0.25, 0.3) is 0 Å². The number of nitrogens with one attached hydrogen (secondary N) is 2. The second-order valence-corrected chi connectivity index (χ2v) is 9.92. The molecule has 4 rings (SSSR count). The summed E-state index contributed by atoms with van der Waals surface area (Å²) in [4.78, 5) is 18.5. The number of rotatable bonds is 9. The van der Waals surface area contributed by atoms with Gasteiger partial charge in [-0.1, -0.05) is 42.2 Å². The van der Waals surface area contributed by atoms with Crippen LogP contribution in [0.1, 0.15) is 30.1 Å². The predicted octanol–water partition coefficient (Wildman–Crippen LogP) is 4.19. The zero-order chi connectivity index (χ0) is 23.0. The lowest BCUT2D eigenvalue weighted by molar-refractivity contribution is -0.114. The summed E-state index contributed by atoms with van der Waals surface area (Å²) in [6, 6.07) is 12.1. The SMILES string of the molecule is CCc1nnc(SCc2cc(N3CCOCC3)cc(NCc3cccc(NC(C)=O)c3)n2)s1. The number of pyridine rings is 1. The van der Waals surface area contributed by atoms with Crippen molar-refractivity contribution in [3.63, 3.8) is 0 Å². The number of anilines is 3. The lowest BCUT2D eigenvalue weighted by Crippen LogP contribution is -2.36. The van der Waals surface area contributed by atoms with E-state index in [1.165, 1.54) is 6.92 Å². The molecule has 1 saturated heterocycles. The van der Waals surface area contributed by atoms with Gasteiger partial charge in [0.15, 0.2) is 4.34 Å². The predicted molar refractivity (Wildman–Crippen MR) is 134 cm³/mol. The number of hydrogen-bond acceptors (Lipinski definition) is 9. The maximum atomic E-state index is 11.4. The molecular formula is C23H28N6O2S2.